The molecule has 4 unspecified atom stereocenters. The van der Waals surface area contributed by atoms with E-state index < -0.39 is 0 Å². The standard InChI is InChI=1S/C10H16O2/c1-6-3-7-9(8(12)4-6)10(7,2)5-11/h3,7-9,11-12H,4-5H2,1-2H3. The zero-order valence-corrected chi connectivity index (χ0v) is 7.62. The maximum atomic E-state index is 9.70. The number of aliphatic hydroxyl groups is 2. The Morgan fingerprint density at radius 2 is 2.33 bits per heavy atom. The smallest absolute Gasteiger partial charge is 0.0617 e. The summed E-state index contributed by atoms with van der Waals surface area (Å²) in [6, 6.07) is 0. The lowest BCUT2D eigenvalue weighted by atomic mass is 9.98. The predicted molar refractivity (Wildman–Crippen MR) is 46.6 cm³/mol. The molecule has 2 heteroatoms. The normalized spacial score (nSPS) is 51.3. The van der Waals surface area contributed by atoms with Crippen LogP contribution in [0, 0.1) is 17.3 Å². The van der Waals surface area contributed by atoms with E-state index >= 15 is 0 Å². The number of allylic oxidation sites excluding steroid dienone is 1. The Balaban J connectivity index is 2.22. The van der Waals surface area contributed by atoms with Gasteiger partial charge in [-0.3, -0.25) is 0 Å². The third kappa shape index (κ3) is 0.882. The van der Waals surface area contributed by atoms with E-state index in [1.165, 1.54) is 5.57 Å². The molecular formula is C10H16O2. The second-order valence-electron chi connectivity index (χ2n) is 4.50. The van der Waals surface area contributed by atoms with E-state index in [0.717, 1.165) is 6.42 Å². The highest BCUT2D eigenvalue weighted by atomic mass is 16.3. The van der Waals surface area contributed by atoms with Crippen molar-refractivity contribution in [2.75, 3.05) is 6.61 Å². The van der Waals surface area contributed by atoms with Crippen LogP contribution in [-0.4, -0.2) is 22.9 Å². The average Bonchev–Trinajstić information content (AvgIpc) is 2.58. The molecular weight excluding hydrogens is 152 g/mol. The molecule has 0 saturated heterocycles. The molecule has 0 aromatic rings. The molecule has 68 valence electrons. The molecule has 0 heterocycles. The molecule has 1 saturated carbocycles. The molecule has 2 rings (SSSR count). The monoisotopic (exact) mass is 168 g/mol. The maximum Gasteiger partial charge on any atom is 0.0617 e. The van der Waals surface area contributed by atoms with E-state index in [4.69, 9.17) is 5.11 Å². The van der Waals surface area contributed by atoms with Crippen LogP contribution in [0.4, 0.5) is 0 Å². The van der Waals surface area contributed by atoms with Gasteiger partial charge in [0.25, 0.3) is 0 Å². The van der Waals surface area contributed by atoms with Crippen LogP contribution < -0.4 is 0 Å². The summed E-state index contributed by atoms with van der Waals surface area (Å²) in [4.78, 5) is 0. The first kappa shape index (κ1) is 8.27. The molecule has 2 N–H and O–H groups in total. The molecule has 2 aliphatic rings. The van der Waals surface area contributed by atoms with Crippen molar-refractivity contribution in [3.63, 3.8) is 0 Å². The van der Waals surface area contributed by atoms with Crippen LogP contribution in [0.25, 0.3) is 0 Å². The highest BCUT2D eigenvalue weighted by molar-refractivity contribution is 5.26. The number of aliphatic hydroxyl groups excluding tert-OH is 2. The van der Waals surface area contributed by atoms with Gasteiger partial charge in [-0.2, -0.15) is 0 Å². The summed E-state index contributed by atoms with van der Waals surface area (Å²) >= 11 is 0. The number of fused-ring (bicyclic) bond motifs is 1. The van der Waals surface area contributed by atoms with Gasteiger partial charge >= 0.3 is 0 Å². The van der Waals surface area contributed by atoms with Crippen LogP contribution in [0.5, 0.6) is 0 Å². The largest absolute Gasteiger partial charge is 0.396 e. The molecule has 0 aliphatic heterocycles. The second kappa shape index (κ2) is 2.33. The maximum absolute atomic E-state index is 9.70. The van der Waals surface area contributed by atoms with Gasteiger partial charge < -0.3 is 10.2 Å². The first-order chi connectivity index (χ1) is 5.59. The Kier molecular flexibility index (Phi) is 1.61. The van der Waals surface area contributed by atoms with Gasteiger partial charge in [0.2, 0.25) is 0 Å². The van der Waals surface area contributed by atoms with Gasteiger partial charge in [0.05, 0.1) is 6.10 Å². The zero-order valence-electron chi connectivity index (χ0n) is 7.62. The minimum Gasteiger partial charge on any atom is -0.396 e. The fourth-order valence-electron chi connectivity index (χ4n) is 2.65. The molecule has 2 nitrogen and oxygen atoms in total. The van der Waals surface area contributed by atoms with Gasteiger partial charge in [0.1, 0.15) is 0 Å². The molecule has 2 aliphatic carbocycles. The topological polar surface area (TPSA) is 40.5 Å². The lowest BCUT2D eigenvalue weighted by Crippen LogP contribution is -2.17. The first-order valence-electron chi connectivity index (χ1n) is 4.56. The SMILES string of the molecule is CC1=CC2C(C(O)C1)C2(C)CO. The average molecular weight is 168 g/mol. The van der Waals surface area contributed by atoms with Crippen molar-refractivity contribution in [3.05, 3.63) is 11.6 Å². The molecule has 0 aromatic heterocycles. The van der Waals surface area contributed by atoms with Crippen LogP contribution in [0.3, 0.4) is 0 Å². The summed E-state index contributed by atoms with van der Waals surface area (Å²) in [7, 11) is 0. The third-order valence-electron chi connectivity index (χ3n) is 3.55. The molecule has 0 bridgehead atoms. The molecule has 12 heavy (non-hydrogen) atoms. The van der Waals surface area contributed by atoms with Gasteiger partial charge in [0, 0.05) is 17.9 Å². The number of hydrogen-bond acceptors (Lipinski definition) is 2. The Bertz CT molecular complexity index is 234. The van der Waals surface area contributed by atoms with Crippen molar-refractivity contribution < 1.29 is 10.2 Å². The van der Waals surface area contributed by atoms with E-state index in [2.05, 4.69) is 19.9 Å². The quantitative estimate of drug-likeness (QED) is 0.572. The van der Waals surface area contributed by atoms with Gasteiger partial charge in [0.15, 0.2) is 0 Å². The van der Waals surface area contributed by atoms with Gasteiger partial charge in [-0.15, -0.1) is 0 Å². The van der Waals surface area contributed by atoms with Crippen LogP contribution in [0.2, 0.25) is 0 Å². The Morgan fingerprint density at radius 3 is 2.92 bits per heavy atom. The first-order valence-corrected chi connectivity index (χ1v) is 4.56. The molecule has 0 amide bonds. The van der Waals surface area contributed by atoms with Crippen molar-refractivity contribution >= 4 is 0 Å². The van der Waals surface area contributed by atoms with Crippen molar-refractivity contribution in [3.8, 4) is 0 Å². The second-order valence-corrected chi connectivity index (χ2v) is 4.50. The Hall–Kier alpha value is -0.340. The Labute approximate surface area is 72.9 Å². The molecule has 0 aromatic carbocycles. The molecule has 1 fully saturated rings. The molecule has 4 atom stereocenters. The predicted octanol–water partition coefficient (Wildman–Crippen LogP) is 0.942. The summed E-state index contributed by atoms with van der Waals surface area (Å²) in [5.74, 6) is 0.734. The lowest BCUT2D eigenvalue weighted by Gasteiger charge is -2.14. The zero-order chi connectivity index (χ0) is 8.93. The van der Waals surface area contributed by atoms with E-state index in [1.807, 2.05) is 0 Å². The fraction of sp³-hybridized carbons (Fsp3) is 0.800. The lowest BCUT2D eigenvalue weighted by molar-refractivity contribution is 0.114. The van der Waals surface area contributed by atoms with Gasteiger partial charge in [-0.1, -0.05) is 18.6 Å². The summed E-state index contributed by atoms with van der Waals surface area (Å²) in [6.07, 6.45) is 2.78. The number of rotatable bonds is 1. The van der Waals surface area contributed by atoms with E-state index in [0.29, 0.717) is 11.8 Å². The van der Waals surface area contributed by atoms with E-state index in [-0.39, 0.29) is 18.1 Å². The van der Waals surface area contributed by atoms with Crippen LogP contribution in [0.15, 0.2) is 11.6 Å². The van der Waals surface area contributed by atoms with Crippen molar-refractivity contribution in [1.82, 2.24) is 0 Å². The van der Waals surface area contributed by atoms with Gasteiger partial charge in [-0.05, 0) is 19.3 Å². The molecule has 0 spiro atoms. The number of hydrogen-bond donors (Lipinski definition) is 2. The van der Waals surface area contributed by atoms with Crippen molar-refractivity contribution in [1.29, 1.82) is 0 Å². The summed E-state index contributed by atoms with van der Waals surface area (Å²) < 4.78 is 0. The summed E-state index contributed by atoms with van der Waals surface area (Å²) in [5.41, 5.74) is 1.23. The minimum absolute atomic E-state index is 0.0306. The van der Waals surface area contributed by atoms with Gasteiger partial charge in [-0.25, -0.2) is 0 Å². The fourth-order valence-corrected chi connectivity index (χ4v) is 2.65. The van der Waals surface area contributed by atoms with Crippen LogP contribution >= 0.6 is 0 Å². The molecule has 0 radical (unpaired) electrons. The third-order valence-corrected chi connectivity index (χ3v) is 3.55. The Morgan fingerprint density at radius 1 is 1.67 bits per heavy atom. The highest BCUT2D eigenvalue weighted by Gasteiger charge is 2.63. The summed E-state index contributed by atoms with van der Waals surface area (Å²) in [6.45, 7) is 4.30. The van der Waals surface area contributed by atoms with Crippen LogP contribution in [0.1, 0.15) is 20.3 Å². The van der Waals surface area contributed by atoms with E-state index in [9.17, 15) is 5.11 Å². The van der Waals surface area contributed by atoms with E-state index in [1.54, 1.807) is 0 Å². The highest BCUT2D eigenvalue weighted by Crippen LogP contribution is 2.63. The van der Waals surface area contributed by atoms with Crippen LogP contribution in [-0.2, 0) is 0 Å². The summed E-state index contributed by atoms with van der Waals surface area (Å²) in [5, 5.41) is 18.9. The van der Waals surface area contributed by atoms with Crippen molar-refractivity contribution in [2.45, 2.75) is 26.4 Å². The van der Waals surface area contributed by atoms with Crippen molar-refractivity contribution in [2.24, 2.45) is 17.3 Å². The minimum atomic E-state index is -0.225.